The van der Waals surface area contributed by atoms with E-state index in [2.05, 4.69) is 55.1 Å². The van der Waals surface area contributed by atoms with Crippen LogP contribution in [0.25, 0.3) is 45.9 Å². The molecule has 3 aromatic carbocycles. The number of nitrogen functional groups attached to an aromatic ring is 1. The van der Waals surface area contributed by atoms with E-state index in [9.17, 15) is 31.1 Å². The molecule has 24 heteroatoms. The van der Waals surface area contributed by atoms with Crippen molar-refractivity contribution >= 4 is 24.1 Å². The fourth-order valence-electron chi connectivity index (χ4n) is 5.11. The minimum absolute atomic E-state index is 0. The zero-order chi connectivity index (χ0) is 45.0. The number of nitrogens with zero attached hydrogens (tertiary/aromatic N) is 9. The third-order valence-corrected chi connectivity index (χ3v) is 7.90. The molecule has 0 bridgehead atoms. The van der Waals surface area contributed by atoms with Crippen LogP contribution >= 0.6 is 12.4 Å². The van der Waals surface area contributed by atoms with Crippen LogP contribution in [0.5, 0.6) is 11.5 Å². The number of alkyl halides is 6. The number of carbonyl (C=O) groups excluding carboxylic acids is 1. The van der Waals surface area contributed by atoms with E-state index >= 15 is 0 Å². The van der Waals surface area contributed by atoms with Crippen molar-refractivity contribution < 1.29 is 49.7 Å². The van der Waals surface area contributed by atoms with Crippen molar-refractivity contribution in [2.75, 3.05) is 7.05 Å². The number of benzene rings is 3. The average Bonchev–Trinajstić information content (AvgIpc) is 4.06. The largest absolute Gasteiger partial charge is 0.573 e. The van der Waals surface area contributed by atoms with Gasteiger partial charge in [0.15, 0.2) is 5.82 Å². The van der Waals surface area contributed by atoms with Gasteiger partial charge in [-0.2, -0.15) is 9.97 Å². The van der Waals surface area contributed by atoms with Crippen LogP contribution in [0.15, 0.2) is 137 Å². The van der Waals surface area contributed by atoms with Crippen LogP contribution in [0.3, 0.4) is 0 Å². The van der Waals surface area contributed by atoms with Gasteiger partial charge in [0.25, 0.3) is 5.89 Å². The number of halogens is 7. The Morgan fingerprint density at radius 1 is 0.703 bits per heavy atom. The van der Waals surface area contributed by atoms with Crippen LogP contribution in [0.2, 0.25) is 0 Å². The molecule has 0 atom stereocenters. The molecule has 8 aromatic rings. The number of pyridine rings is 2. The molecule has 5 aromatic heterocycles. The summed E-state index contributed by atoms with van der Waals surface area (Å²) in [5.74, 6) is -0.327. The van der Waals surface area contributed by atoms with Gasteiger partial charge in [-0.1, -0.05) is 40.6 Å². The van der Waals surface area contributed by atoms with Gasteiger partial charge in [0.05, 0.1) is 6.54 Å². The van der Waals surface area contributed by atoms with Crippen LogP contribution in [-0.2, 0) is 6.54 Å². The Labute approximate surface area is 363 Å². The summed E-state index contributed by atoms with van der Waals surface area (Å²) in [4.78, 5) is 31.8. The average molecular weight is 909 g/mol. The highest BCUT2D eigenvalue weighted by atomic mass is 35.5. The third kappa shape index (κ3) is 13.4. The first-order valence-electron chi connectivity index (χ1n) is 17.9. The number of carbonyl (C=O) groups is 1. The molecule has 5 heterocycles. The number of amides is 1. The number of aromatic nitrogens is 9. The van der Waals surface area contributed by atoms with Gasteiger partial charge >= 0.3 is 24.5 Å². The minimum atomic E-state index is -4.77. The van der Waals surface area contributed by atoms with Crippen LogP contribution in [0.1, 0.15) is 21.8 Å². The zero-order valence-corrected chi connectivity index (χ0v) is 33.5. The molecule has 0 aliphatic carbocycles. The maximum Gasteiger partial charge on any atom is 0.573 e. The standard InChI is InChI=1S/C23H15F3N6O2.C11H8F3N3O3.C6H7N3.ClH/c24-23(25,26)33-18-10-8-16(9-11-18)19-29-22(34-31-19)20-28-21(17-7-4-12-27-13-17)32(30-20)14-15-5-2-1-3-6-15;1-15-9(18)10-16-8(17-20-10)6-2-4-7(5-3-6)19-11(12,13)14;7-6(8)5-2-1-3-9-4-5;/h1-13H,14H2;2-5H,1H3,(H,15,18);1-4H,(H3,7,8);1H. The van der Waals surface area contributed by atoms with Crippen molar-refractivity contribution in [2.24, 2.45) is 5.73 Å². The highest BCUT2D eigenvalue weighted by Gasteiger charge is 2.32. The lowest BCUT2D eigenvalue weighted by atomic mass is 10.2. The van der Waals surface area contributed by atoms with E-state index < -0.39 is 18.6 Å². The van der Waals surface area contributed by atoms with E-state index in [0.29, 0.717) is 29.1 Å². The van der Waals surface area contributed by atoms with Crippen LogP contribution in [-0.4, -0.2) is 76.5 Å². The summed E-state index contributed by atoms with van der Waals surface area (Å²) in [5, 5.41) is 21.3. The van der Waals surface area contributed by atoms with Gasteiger partial charge in [0, 0.05) is 54.1 Å². The van der Waals surface area contributed by atoms with Gasteiger partial charge in [-0.3, -0.25) is 20.2 Å². The first kappa shape index (κ1) is 46.8. The second-order valence-electron chi connectivity index (χ2n) is 12.4. The number of ether oxygens (including phenoxy) is 2. The summed E-state index contributed by atoms with van der Waals surface area (Å²) >= 11 is 0. The van der Waals surface area contributed by atoms with Gasteiger partial charge < -0.3 is 29.6 Å². The zero-order valence-electron chi connectivity index (χ0n) is 32.7. The summed E-state index contributed by atoms with van der Waals surface area (Å²) in [6.45, 7) is 0.458. The quantitative estimate of drug-likeness (QED) is 0.0676. The molecule has 0 saturated heterocycles. The van der Waals surface area contributed by atoms with Crippen molar-refractivity contribution in [3.05, 3.63) is 145 Å². The first-order valence-corrected chi connectivity index (χ1v) is 17.9. The summed E-state index contributed by atoms with van der Waals surface area (Å²) < 4.78 is 92.4. The number of nitrogens with two attached hydrogens (primary N) is 1. The fourth-order valence-corrected chi connectivity index (χ4v) is 5.11. The lowest BCUT2D eigenvalue weighted by molar-refractivity contribution is -0.275. The third-order valence-electron chi connectivity index (χ3n) is 7.90. The second-order valence-corrected chi connectivity index (χ2v) is 12.4. The second kappa shape index (κ2) is 21.0. The van der Waals surface area contributed by atoms with E-state index in [4.69, 9.17) is 20.2 Å². The molecule has 0 unspecified atom stereocenters. The molecule has 8 rings (SSSR count). The number of amidine groups is 1. The van der Waals surface area contributed by atoms with E-state index in [1.54, 1.807) is 47.7 Å². The first-order chi connectivity index (χ1) is 30.1. The number of hydrogen-bond donors (Lipinski definition) is 3. The summed E-state index contributed by atoms with van der Waals surface area (Å²) in [6, 6.07) is 26.9. The summed E-state index contributed by atoms with van der Waals surface area (Å²) in [5.41, 5.74) is 8.44. The Hall–Kier alpha value is -8.21. The maximum atomic E-state index is 12.4. The van der Waals surface area contributed by atoms with E-state index in [1.165, 1.54) is 43.4 Å². The summed E-state index contributed by atoms with van der Waals surface area (Å²) in [6.07, 6.45) is -2.97. The molecule has 0 saturated carbocycles. The van der Waals surface area contributed by atoms with E-state index in [1.807, 2.05) is 36.4 Å². The molecule has 1 amide bonds. The molecule has 0 aliphatic heterocycles. The van der Waals surface area contributed by atoms with Crippen molar-refractivity contribution in [2.45, 2.75) is 19.3 Å². The molecule has 330 valence electrons. The fraction of sp³-hybridized carbons (Fsp3) is 0.100. The molecule has 0 spiro atoms. The number of hydrogen-bond acceptors (Lipinski definition) is 14. The normalized spacial score (nSPS) is 10.9. The predicted molar refractivity (Wildman–Crippen MR) is 217 cm³/mol. The highest BCUT2D eigenvalue weighted by Crippen LogP contribution is 2.28. The van der Waals surface area contributed by atoms with Crippen molar-refractivity contribution in [1.82, 2.24) is 50.3 Å². The van der Waals surface area contributed by atoms with Gasteiger partial charge in [0.1, 0.15) is 17.3 Å². The van der Waals surface area contributed by atoms with E-state index in [-0.39, 0.29) is 59.0 Å². The predicted octanol–water partition coefficient (Wildman–Crippen LogP) is 7.79. The van der Waals surface area contributed by atoms with Crippen molar-refractivity contribution in [3.63, 3.8) is 0 Å². The smallest absolute Gasteiger partial charge is 0.406 e. The molecular weight excluding hydrogens is 878 g/mol. The van der Waals surface area contributed by atoms with Crippen molar-refractivity contribution in [3.8, 4) is 57.4 Å². The molecule has 0 aliphatic rings. The van der Waals surface area contributed by atoms with E-state index in [0.717, 1.165) is 23.3 Å². The Kier molecular flexibility index (Phi) is 15.4. The van der Waals surface area contributed by atoms with Crippen LogP contribution in [0, 0.1) is 5.41 Å². The Morgan fingerprint density at radius 3 is 1.77 bits per heavy atom. The topological polar surface area (TPSA) is 232 Å². The number of rotatable bonds is 10. The van der Waals surface area contributed by atoms with Gasteiger partial charge in [-0.25, -0.2) is 9.67 Å². The molecule has 17 nitrogen and oxygen atoms in total. The SMILES string of the molecule is CNC(=O)c1nc(-c2ccc(OC(F)(F)F)cc2)no1.Cl.FC(F)(F)Oc1ccc(-c2noc(-c3nc(-c4cccnc4)n(Cc4ccccc4)n3)n2)cc1.N=C(N)c1cccnc1. The molecule has 0 radical (unpaired) electrons. The monoisotopic (exact) mass is 908 g/mol. The number of nitrogens with one attached hydrogen (secondary N) is 2. The maximum absolute atomic E-state index is 12.4. The molecule has 0 fully saturated rings. The molecular formula is C40H31ClF6N12O5. The van der Waals surface area contributed by atoms with Gasteiger partial charge in [-0.05, 0) is 78.4 Å². The Bertz CT molecular complexity index is 2720. The molecule has 64 heavy (non-hydrogen) atoms. The van der Waals surface area contributed by atoms with Crippen molar-refractivity contribution in [1.29, 1.82) is 5.41 Å². The molecule has 4 N–H and O–H groups in total. The van der Waals surface area contributed by atoms with Gasteiger partial charge in [-0.15, -0.1) is 43.8 Å². The van der Waals surface area contributed by atoms with Crippen LogP contribution < -0.4 is 20.5 Å². The summed E-state index contributed by atoms with van der Waals surface area (Å²) in [7, 11) is 1.40. The minimum Gasteiger partial charge on any atom is -0.406 e. The lowest BCUT2D eigenvalue weighted by Gasteiger charge is -2.08. The lowest BCUT2D eigenvalue weighted by Crippen LogP contribution is -2.18. The van der Waals surface area contributed by atoms with Gasteiger partial charge in [0.2, 0.25) is 17.5 Å². The Morgan fingerprint density at radius 2 is 1.27 bits per heavy atom. The Balaban J connectivity index is 0.000000216. The highest BCUT2D eigenvalue weighted by molar-refractivity contribution is 5.94. The van der Waals surface area contributed by atoms with Crippen LogP contribution in [0.4, 0.5) is 26.3 Å².